The summed E-state index contributed by atoms with van der Waals surface area (Å²) in [4.78, 5) is 23.5. The van der Waals surface area contributed by atoms with Gasteiger partial charge in [0.2, 0.25) is 0 Å². The van der Waals surface area contributed by atoms with Crippen LogP contribution in [-0.2, 0) is 4.79 Å². The van der Waals surface area contributed by atoms with Gasteiger partial charge in [-0.1, -0.05) is 0 Å². The molecule has 86 valence electrons. The number of rotatable bonds is 5. The molecule has 1 aliphatic heterocycles. The number of carbonyl (C=O) groups is 2. The lowest BCUT2D eigenvalue weighted by molar-refractivity contribution is -0.128. The fraction of sp³-hybridized carbons (Fsp3) is 0.778. The monoisotopic (exact) mass is 232 g/mol. The lowest BCUT2D eigenvalue weighted by Crippen LogP contribution is -2.58. The third-order valence-corrected chi connectivity index (χ3v) is 3.24. The highest BCUT2D eigenvalue weighted by Gasteiger charge is 2.39. The number of likely N-dealkylation sites (tertiary alicyclic amines) is 1. The number of carboxylic acid groups (broad SMARTS) is 1. The Morgan fingerprint density at radius 2 is 2.33 bits per heavy atom. The van der Waals surface area contributed by atoms with Crippen LogP contribution in [-0.4, -0.2) is 52.5 Å². The number of hydrogen-bond donors (Lipinski definition) is 2. The average Bonchev–Trinajstić information content (AvgIpc) is 2.11. The molecule has 0 aromatic heterocycles. The van der Waals surface area contributed by atoms with Crippen LogP contribution in [0.5, 0.6) is 0 Å². The largest absolute Gasteiger partial charge is 0.465 e. The van der Waals surface area contributed by atoms with Gasteiger partial charge < -0.3 is 10.8 Å². The van der Waals surface area contributed by atoms with Gasteiger partial charge in [0.1, 0.15) is 0 Å². The van der Waals surface area contributed by atoms with E-state index in [-0.39, 0.29) is 5.78 Å². The quantitative estimate of drug-likeness (QED) is 0.716. The van der Waals surface area contributed by atoms with Gasteiger partial charge in [-0.15, -0.1) is 0 Å². The Labute approximate surface area is 93.0 Å². The standard InChI is InChI=1S/C9H16N2O3S/c1-15-5-3-6(10)8(12)7-2-4-11(7)9(13)14/h6-7H,2-5,10H2,1H3,(H,13,14)/t6-,7?/m0/s1. The number of nitrogens with two attached hydrogens (primary N) is 1. The first-order chi connectivity index (χ1) is 7.07. The molecule has 1 rings (SSSR count). The zero-order chi connectivity index (χ0) is 11.4. The Kier molecular flexibility index (Phi) is 4.41. The van der Waals surface area contributed by atoms with Crippen molar-refractivity contribution in [3.8, 4) is 0 Å². The molecule has 1 heterocycles. The number of amides is 1. The minimum Gasteiger partial charge on any atom is -0.465 e. The molecule has 15 heavy (non-hydrogen) atoms. The molecule has 6 heteroatoms. The Hall–Kier alpha value is -0.750. The number of carbonyl (C=O) groups excluding carboxylic acids is 1. The van der Waals surface area contributed by atoms with Crippen molar-refractivity contribution in [3.05, 3.63) is 0 Å². The van der Waals surface area contributed by atoms with Gasteiger partial charge in [0.05, 0.1) is 12.1 Å². The third kappa shape index (κ3) is 2.85. The topological polar surface area (TPSA) is 83.6 Å². The highest BCUT2D eigenvalue weighted by molar-refractivity contribution is 7.98. The molecule has 0 spiro atoms. The van der Waals surface area contributed by atoms with E-state index < -0.39 is 18.2 Å². The smallest absolute Gasteiger partial charge is 0.407 e. The SMILES string of the molecule is CSCC[C@H](N)C(=O)C1CCN1C(=O)O. The van der Waals surface area contributed by atoms with E-state index in [0.29, 0.717) is 19.4 Å². The van der Waals surface area contributed by atoms with Crippen molar-refractivity contribution >= 4 is 23.6 Å². The summed E-state index contributed by atoms with van der Waals surface area (Å²) in [5, 5.41) is 8.74. The summed E-state index contributed by atoms with van der Waals surface area (Å²) in [6, 6.07) is -1.02. The molecular weight excluding hydrogens is 216 g/mol. The Balaban J connectivity index is 2.43. The summed E-state index contributed by atoms with van der Waals surface area (Å²) in [6.45, 7) is 0.445. The summed E-state index contributed by atoms with van der Waals surface area (Å²) in [5.74, 6) is 0.685. The van der Waals surface area contributed by atoms with Crippen molar-refractivity contribution in [1.29, 1.82) is 0 Å². The molecule has 0 aromatic rings. The molecule has 1 aliphatic rings. The molecule has 1 amide bonds. The predicted octanol–water partition coefficient (Wildman–Crippen LogP) is 0.388. The lowest BCUT2D eigenvalue weighted by atomic mass is 9.94. The highest BCUT2D eigenvalue weighted by Crippen LogP contribution is 2.19. The normalized spacial score (nSPS) is 22.0. The third-order valence-electron chi connectivity index (χ3n) is 2.59. The second-order valence-corrected chi connectivity index (χ2v) is 4.56. The average molecular weight is 232 g/mol. The summed E-state index contributed by atoms with van der Waals surface area (Å²) < 4.78 is 0. The molecular formula is C9H16N2O3S. The maximum Gasteiger partial charge on any atom is 0.407 e. The summed E-state index contributed by atoms with van der Waals surface area (Å²) in [6.07, 6.45) is 2.14. The molecule has 0 radical (unpaired) electrons. The highest BCUT2D eigenvalue weighted by atomic mass is 32.2. The minimum atomic E-state index is -1.03. The summed E-state index contributed by atoms with van der Waals surface area (Å²) in [7, 11) is 0. The number of nitrogens with zero attached hydrogens (tertiary/aromatic N) is 1. The van der Waals surface area contributed by atoms with Crippen LogP contribution in [0.4, 0.5) is 4.79 Å². The molecule has 1 fully saturated rings. The first-order valence-electron chi connectivity index (χ1n) is 4.85. The van der Waals surface area contributed by atoms with Crippen LogP contribution < -0.4 is 5.73 Å². The lowest BCUT2D eigenvalue weighted by Gasteiger charge is -2.38. The molecule has 5 nitrogen and oxygen atoms in total. The van der Waals surface area contributed by atoms with Crippen molar-refractivity contribution in [2.24, 2.45) is 5.73 Å². The molecule has 0 saturated carbocycles. The van der Waals surface area contributed by atoms with Crippen LogP contribution in [0.15, 0.2) is 0 Å². The van der Waals surface area contributed by atoms with E-state index in [1.807, 2.05) is 6.26 Å². The van der Waals surface area contributed by atoms with Gasteiger partial charge in [-0.05, 0) is 24.9 Å². The van der Waals surface area contributed by atoms with Crippen LogP contribution >= 0.6 is 11.8 Å². The Bertz CT molecular complexity index is 260. The van der Waals surface area contributed by atoms with Gasteiger partial charge in [-0.25, -0.2) is 4.79 Å². The fourth-order valence-electron chi connectivity index (χ4n) is 1.55. The Morgan fingerprint density at radius 3 is 2.73 bits per heavy atom. The summed E-state index contributed by atoms with van der Waals surface area (Å²) >= 11 is 1.63. The van der Waals surface area contributed by atoms with E-state index in [4.69, 9.17) is 10.8 Å². The number of Topliss-reactive ketones (excluding diaryl/α,β-unsaturated/α-hetero) is 1. The van der Waals surface area contributed by atoms with Crippen molar-refractivity contribution < 1.29 is 14.7 Å². The molecule has 0 aromatic carbocycles. The number of thioether (sulfide) groups is 1. The van der Waals surface area contributed by atoms with Crippen molar-refractivity contribution in [2.45, 2.75) is 24.9 Å². The van der Waals surface area contributed by atoms with Crippen LogP contribution in [0.25, 0.3) is 0 Å². The zero-order valence-electron chi connectivity index (χ0n) is 8.68. The van der Waals surface area contributed by atoms with Crippen molar-refractivity contribution in [2.75, 3.05) is 18.6 Å². The van der Waals surface area contributed by atoms with Crippen molar-refractivity contribution in [1.82, 2.24) is 4.90 Å². The van der Waals surface area contributed by atoms with Crippen LogP contribution in [0.3, 0.4) is 0 Å². The molecule has 0 aliphatic carbocycles. The predicted molar refractivity (Wildman–Crippen MR) is 59.1 cm³/mol. The molecule has 0 bridgehead atoms. The summed E-state index contributed by atoms with van der Waals surface area (Å²) in [5.41, 5.74) is 5.69. The van der Waals surface area contributed by atoms with Gasteiger partial charge in [-0.2, -0.15) is 11.8 Å². The first kappa shape index (κ1) is 12.3. The molecule has 3 N–H and O–H groups in total. The fourth-order valence-corrected chi connectivity index (χ4v) is 2.04. The Morgan fingerprint density at radius 1 is 1.67 bits per heavy atom. The maximum absolute atomic E-state index is 11.7. The number of ketones is 1. The van der Waals surface area contributed by atoms with Crippen LogP contribution in [0.2, 0.25) is 0 Å². The molecule has 1 unspecified atom stereocenters. The minimum absolute atomic E-state index is 0.141. The van der Waals surface area contributed by atoms with Gasteiger partial charge in [0, 0.05) is 6.54 Å². The van der Waals surface area contributed by atoms with Gasteiger partial charge in [0.25, 0.3) is 0 Å². The van der Waals surface area contributed by atoms with Crippen molar-refractivity contribution in [3.63, 3.8) is 0 Å². The van der Waals surface area contributed by atoms with Crippen LogP contribution in [0.1, 0.15) is 12.8 Å². The van der Waals surface area contributed by atoms with E-state index in [0.717, 1.165) is 10.7 Å². The van der Waals surface area contributed by atoms with E-state index in [1.54, 1.807) is 11.8 Å². The number of hydrogen-bond acceptors (Lipinski definition) is 4. The molecule has 2 atom stereocenters. The molecule has 1 saturated heterocycles. The second-order valence-electron chi connectivity index (χ2n) is 3.57. The first-order valence-corrected chi connectivity index (χ1v) is 6.25. The van der Waals surface area contributed by atoms with Gasteiger partial charge in [-0.3, -0.25) is 9.69 Å². The van der Waals surface area contributed by atoms with E-state index >= 15 is 0 Å². The zero-order valence-corrected chi connectivity index (χ0v) is 9.50. The van der Waals surface area contributed by atoms with Crippen LogP contribution in [0, 0.1) is 0 Å². The van der Waals surface area contributed by atoms with E-state index in [1.165, 1.54) is 0 Å². The maximum atomic E-state index is 11.7. The second kappa shape index (κ2) is 5.37. The van der Waals surface area contributed by atoms with E-state index in [2.05, 4.69) is 0 Å². The van der Waals surface area contributed by atoms with Gasteiger partial charge in [0.15, 0.2) is 5.78 Å². The van der Waals surface area contributed by atoms with Gasteiger partial charge >= 0.3 is 6.09 Å². The van der Waals surface area contributed by atoms with E-state index in [9.17, 15) is 9.59 Å².